The predicted octanol–water partition coefficient (Wildman–Crippen LogP) is 5.77. The third-order valence-corrected chi connectivity index (χ3v) is 8.69. The Morgan fingerprint density at radius 1 is 0.925 bits per heavy atom. The summed E-state index contributed by atoms with van der Waals surface area (Å²) in [6.07, 6.45) is 3.09. The molecule has 0 unspecified atom stereocenters. The molecular formula is C39H38N6O8. The van der Waals surface area contributed by atoms with Gasteiger partial charge in [-0.15, -0.1) is 0 Å². The van der Waals surface area contributed by atoms with E-state index in [9.17, 15) is 24.3 Å². The van der Waals surface area contributed by atoms with E-state index in [1.165, 1.54) is 17.8 Å². The molecule has 3 heterocycles. The third kappa shape index (κ3) is 8.40. The predicted molar refractivity (Wildman–Crippen MR) is 198 cm³/mol. The molecule has 6 rings (SSSR count). The summed E-state index contributed by atoms with van der Waals surface area (Å²) in [6, 6.07) is 27.5. The first-order chi connectivity index (χ1) is 25.3. The average Bonchev–Trinajstić information content (AvgIpc) is 3.40. The summed E-state index contributed by atoms with van der Waals surface area (Å²) in [6.45, 7) is 4.82. The van der Waals surface area contributed by atoms with Crippen LogP contribution in [-0.4, -0.2) is 60.0 Å². The van der Waals surface area contributed by atoms with E-state index in [4.69, 9.17) is 20.3 Å². The lowest BCUT2D eigenvalue weighted by Crippen LogP contribution is -2.52. The van der Waals surface area contributed by atoms with Gasteiger partial charge in [0.15, 0.2) is 0 Å². The van der Waals surface area contributed by atoms with Crippen molar-refractivity contribution in [2.45, 2.75) is 32.9 Å². The van der Waals surface area contributed by atoms with Gasteiger partial charge >= 0.3 is 11.9 Å². The van der Waals surface area contributed by atoms with E-state index in [-0.39, 0.29) is 17.9 Å². The van der Waals surface area contributed by atoms with Crippen molar-refractivity contribution in [3.63, 3.8) is 0 Å². The lowest BCUT2D eigenvalue weighted by Gasteiger charge is -2.28. The lowest BCUT2D eigenvalue weighted by atomic mass is 9.88. The first-order valence-electron chi connectivity index (χ1n) is 16.4. The smallest absolute Gasteiger partial charge is 0.335 e. The summed E-state index contributed by atoms with van der Waals surface area (Å²) in [7, 11) is 1.59. The number of hydrogen-bond donors (Lipinski definition) is 4. The quantitative estimate of drug-likeness (QED) is 0.127. The molecule has 0 aliphatic rings. The molecule has 53 heavy (non-hydrogen) atoms. The van der Waals surface area contributed by atoms with Crippen molar-refractivity contribution in [2.24, 2.45) is 11.7 Å². The van der Waals surface area contributed by atoms with Gasteiger partial charge in [0.1, 0.15) is 34.2 Å². The van der Waals surface area contributed by atoms with Crippen molar-refractivity contribution < 1.29 is 34.1 Å². The second kappa shape index (κ2) is 16.0. The monoisotopic (exact) mass is 718 g/mol. The highest BCUT2D eigenvalue weighted by Gasteiger charge is 2.36. The number of amides is 1. The molecule has 0 aliphatic heterocycles. The van der Waals surface area contributed by atoms with E-state index < -0.39 is 34.9 Å². The Morgan fingerprint density at radius 2 is 1.58 bits per heavy atom. The van der Waals surface area contributed by atoms with Crippen molar-refractivity contribution in [3.8, 4) is 22.9 Å². The van der Waals surface area contributed by atoms with Gasteiger partial charge < -0.3 is 30.7 Å². The normalized spacial score (nSPS) is 12.5. The number of para-hydroxylation sites is 1. The fourth-order valence-corrected chi connectivity index (χ4v) is 5.33. The van der Waals surface area contributed by atoms with Crippen LogP contribution in [0.25, 0.3) is 16.6 Å². The van der Waals surface area contributed by atoms with Crippen LogP contribution in [0.3, 0.4) is 0 Å². The molecule has 3 aromatic heterocycles. The maximum atomic E-state index is 13.7. The maximum Gasteiger partial charge on any atom is 0.335 e. The molecule has 6 aromatic rings. The number of nitrogens with two attached hydrogens (primary N) is 1. The molecule has 2 atom stereocenters. The van der Waals surface area contributed by atoms with E-state index in [1.54, 1.807) is 111 Å². The minimum atomic E-state index is -1.57. The number of fused-ring (bicyclic) bond motifs is 1. The summed E-state index contributed by atoms with van der Waals surface area (Å²) in [4.78, 5) is 57.8. The van der Waals surface area contributed by atoms with E-state index >= 15 is 0 Å². The molecular weight excluding hydrogens is 680 g/mol. The van der Waals surface area contributed by atoms with Crippen molar-refractivity contribution in [1.29, 1.82) is 0 Å². The number of carboxylic acid groups (broad SMARTS) is 2. The largest absolute Gasteiger partial charge is 0.497 e. The van der Waals surface area contributed by atoms with Gasteiger partial charge in [-0.1, -0.05) is 43.3 Å². The van der Waals surface area contributed by atoms with Gasteiger partial charge in [0.05, 0.1) is 35.8 Å². The Labute approximate surface area is 304 Å². The van der Waals surface area contributed by atoms with E-state index in [0.717, 1.165) is 5.39 Å². The lowest BCUT2D eigenvalue weighted by molar-refractivity contribution is -0.144. The number of rotatable bonds is 11. The van der Waals surface area contributed by atoms with Crippen molar-refractivity contribution >= 4 is 34.6 Å². The van der Waals surface area contributed by atoms with Crippen LogP contribution in [0.4, 0.5) is 5.82 Å². The number of anilines is 1. The maximum absolute atomic E-state index is 13.7. The Bertz CT molecular complexity index is 2300. The molecule has 14 heteroatoms. The van der Waals surface area contributed by atoms with Gasteiger partial charge in [0.25, 0.3) is 11.5 Å². The molecule has 1 amide bonds. The summed E-state index contributed by atoms with van der Waals surface area (Å²) < 4.78 is 14.2. The van der Waals surface area contributed by atoms with Crippen LogP contribution in [-0.2, 0) is 11.3 Å². The van der Waals surface area contributed by atoms with Crippen molar-refractivity contribution in [2.75, 3.05) is 12.4 Å². The number of carbonyl (C=O) groups is 3. The van der Waals surface area contributed by atoms with Crippen LogP contribution >= 0.6 is 0 Å². The topological polar surface area (TPSA) is 201 Å². The Morgan fingerprint density at radius 3 is 2.17 bits per heavy atom. The zero-order valence-corrected chi connectivity index (χ0v) is 29.4. The number of aromatic carboxylic acids is 1. The van der Waals surface area contributed by atoms with Crippen LogP contribution < -0.4 is 26.1 Å². The Kier molecular flexibility index (Phi) is 11.3. The van der Waals surface area contributed by atoms with Crippen LogP contribution in [0.15, 0.2) is 114 Å². The molecule has 3 aromatic carbocycles. The molecule has 0 fully saturated rings. The number of methoxy groups -OCH3 is 1. The van der Waals surface area contributed by atoms with Crippen molar-refractivity contribution in [3.05, 3.63) is 137 Å². The number of aromatic nitrogens is 4. The molecule has 0 saturated carbocycles. The first kappa shape index (κ1) is 37.5. The van der Waals surface area contributed by atoms with Gasteiger partial charge in [-0.05, 0) is 68.4 Å². The number of nitrogens with zero attached hydrogens (tertiary/aromatic N) is 4. The summed E-state index contributed by atoms with van der Waals surface area (Å²) in [5.41, 5.74) is 5.76. The number of aliphatic carboxylic acids is 1. The second-order valence-corrected chi connectivity index (χ2v) is 12.3. The third-order valence-electron chi connectivity index (χ3n) is 8.69. The van der Waals surface area contributed by atoms with Crippen LogP contribution in [0.5, 0.6) is 17.2 Å². The number of carbonyl (C=O) groups excluding carboxylic acids is 1. The SMILES string of the molecule is COc1ccc2c(Oc3ccc(NC(=O)c4c(C)n(C[C@@H](C)[C@](C)(N)C(=O)O)n(-c5ccccc5)c4=O)nc3)ccnc2c1.O=C(O)c1ccccc1. The standard InChI is InChI=1S/C32H32N6O6.C7H6O2/c1-19(32(3,33)31(41)42)18-37-20(2)28(30(40)38(37)21-8-6-5-7-9-21)29(39)36-27-13-11-23(17-35-27)44-26-14-15-34-25-16-22(43-4)10-12-24(25)26;8-7(9)6-4-2-1-3-5-6/h5-17,19H,18,33H2,1-4H3,(H,41,42)(H,35,36,39);1-5H,(H,8,9)/t19-,32+;/m1./s1. The summed E-state index contributed by atoms with van der Waals surface area (Å²) in [5, 5.41) is 21.5. The van der Waals surface area contributed by atoms with Crippen LogP contribution in [0.2, 0.25) is 0 Å². The minimum Gasteiger partial charge on any atom is -0.497 e. The highest BCUT2D eigenvalue weighted by molar-refractivity contribution is 6.04. The van der Waals surface area contributed by atoms with Gasteiger partial charge in [-0.2, -0.15) is 0 Å². The van der Waals surface area contributed by atoms with Gasteiger partial charge in [0.2, 0.25) is 0 Å². The number of pyridine rings is 2. The molecule has 0 spiro atoms. The average molecular weight is 719 g/mol. The zero-order chi connectivity index (χ0) is 38.3. The Balaban J connectivity index is 0.000000526. The summed E-state index contributed by atoms with van der Waals surface area (Å²) in [5.74, 6) is -1.42. The fraction of sp³-hybridized carbons (Fsp3) is 0.179. The molecule has 14 nitrogen and oxygen atoms in total. The van der Waals surface area contributed by atoms with Gasteiger partial charge in [-0.25, -0.2) is 14.5 Å². The van der Waals surface area contributed by atoms with Gasteiger partial charge in [0, 0.05) is 30.1 Å². The van der Waals surface area contributed by atoms with Crippen molar-refractivity contribution in [1.82, 2.24) is 19.3 Å². The second-order valence-electron chi connectivity index (χ2n) is 12.3. The van der Waals surface area contributed by atoms with Crippen LogP contribution in [0, 0.1) is 12.8 Å². The molecule has 0 bridgehead atoms. The number of carboxylic acids is 2. The highest BCUT2D eigenvalue weighted by atomic mass is 16.5. The molecule has 272 valence electrons. The molecule has 0 saturated heterocycles. The zero-order valence-electron chi connectivity index (χ0n) is 29.4. The molecule has 0 radical (unpaired) electrons. The number of hydrogen-bond acceptors (Lipinski definition) is 9. The summed E-state index contributed by atoms with van der Waals surface area (Å²) >= 11 is 0. The fourth-order valence-electron chi connectivity index (χ4n) is 5.33. The highest BCUT2D eigenvalue weighted by Crippen LogP contribution is 2.31. The van der Waals surface area contributed by atoms with E-state index in [2.05, 4.69) is 15.3 Å². The number of benzene rings is 3. The van der Waals surface area contributed by atoms with E-state index in [0.29, 0.717) is 39.7 Å². The van der Waals surface area contributed by atoms with Gasteiger partial charge in [-0.3, -0.25) is 24.0 Å². The van der Waals surface area contributed by atoms with E-state index in [1.807, 2.05) is 18.2 Å². The Hall–Kier alpha value is -6.80. The molecule has 5 N–H and O–H groups in total. The van der Waals surface area contributed by atoms with Crippen LogP contribution in [0.1, 0.15) is 40.3 Å². The number of nitrogens with one attached hydrogen (secondary N) is 1. The molecule has 0 aliphatic carbocycles. The minimum absolute atomic E-state index is 0.0727. The number of ether oxygens (including phenoxy) is 2. The first-order valence-corrected chi connectivity index (χ1v) is 16.4.